The Kier molecular flexibility index (Phi) is 4.83. The first-order chi connectivity index (χ1) is 7.04. The zero-order valence-electron chi connectivity index (χ0n) is 8.27. The summed E-state index contributed by atoms with van der Waals surface area (Å²) in [6.07, 6.45) is 0. The molecule has 1 atom stereocenters. The number of rotatable bonds is 4. The molecule has 0 bridgehead atoms. The fourth-order valence-electron chi connectivity index (χ4n) is 0.915. The molecule has 0 aliphatic heterocycles. The summed E-state index contributed by atoms with van der Waals surface area (Å²) in [6.45, 7) is 2.95. The van der Waals surface area contributed by atoms with Crippen LogP contribution in [-0.4, -0.2) is 13.2 Å². The highest BCUT2D eigenvalue weighted by Gasteiger charge is 2.09. The Morgan fingerprint density at radius 1 is 1.60 bits per heavy atom. The van der Waals surface area contributed by atoms with Gasteiger partial charge in [0.2, 0.25) is 0 Å². The summed E-state index contributed by atoms with van der Waals surface area (Å²) in [7, 11) is 0. The smallest absolute Gasteiger partial charge is 0.145 e. The number of hydrogen-bond acceptors (Lipinski definition) is 2. The Labute approximate surface area is 102 Å². The molecule has 0 amide bonds. The molecule has 0 heterocycles. The third-order valence-corrected chi connectivity index (χ3v) is 2.81. The van der Waals surface area contributed by atoms with E-state index in [4.69, 9.17) is 22.1 Å². The van der Waals surface area contributed by atoms with E-state index in [0.29, 0.717) is 23.4 Å². The van der Waals surface area contributed by atoms with E-state index < -0.39 is 5.82 Å². The highest BCUT2D eigenvalue weighted by molar-refractivity contribution is 9.10. The molecule has 15 heavy (non-hydrogen) atoms. The van der Waals surface area contributed by atoms with Gasteiger partial charge in [0.25, 0.3) is 0 Å². The van der Waals surface area contributed by atoms with Crippen LogP contribution in [0.1, 0.15) is 6.92 Å². The van der Waals surface area contributed by atoms with Crippen molar-refractivity contribution in [3.63, 3.8) is 0 Å². The molecule has 0 saturated heterocycles. The largest absolute Gasteiger partial charge is 0.492 e. The van der Waals surface area contributed by atoms with Gasteiger partial charge in [-0.05, 0) is 28.5 Å². The molecule has 84 valence electrons. The summed E-state index contributed by atoms with van der Waals surface area (Å²) in [4.78, 5) is 0. The van der Waals surface area contributed by atoms with Crippen molar-refractivity contribution in [1.82, 2.24) is 0 Å². The molecule has 0 spiro atoms. The minimum Gasteiger partial charge on any atom is -0.492 e. The summed E-state index contributed by atoms with van der Waals surface area (Å²) in [5.41, 5.74) is 5.44. The summed E-state index contributed by atoms with van der Waals surface area (Å²) in [5, 5.41) is 0.0705. The zero-order valence-corrected chi connectivity index (χ0v) is 10.6. The first-order valence-corrected chi connectivity index (χ1v) is 5.69. The van der Waals surface area contributed by atoms with E-state index in [-0.39, 0.29) is 10.9 Å². The van der Waals surface area contributed by atoms with E-state index in [2.05, 4.69) is 15.9 Å². The van der Waals surface area contributed by atoms with Crippen LogP contribution in [0.15, 0.2) is 16.6 Å². The fourth-order valence-corrected chi connectivity index (χ4v) is 1.67. The molecule has 2 N–H and O–H groups in total. The minimum absolute atomic E-state index is 0.0705. The quantitative estimate of drug-likeness (QED) is 0.866. The van der Waals surface area contributed by atoms with Crippen LogP contribution < -0.4 is 10.5 Å². The van der Waals surface area contributed by atoms with Gasteiger partial charge in [0.15, 0.2) is 0 Å². The normalized spacial score (nSPS) is 12.6. The monoisotopic (exact) mass is 295 g/mol. The Morgan fingerprint density at radius 3 is 2.87 bits per heavy atom. The number of ether oxygens (including phenoxy) is 1. The van der Waals surface area contributed by atoms with Crippen molar-refractivity contribution in [3.8, 4) is 5.75 Å². The van der Waals surface area contributed by atoms with Crippen LogP contribution in [0.5, 0.6) is 5.75 Å². The van der Waals surface area contributed by atoms with E-state index in [1.54, 1.807) is 0 Å². The molecule has 1 unspecified atom stereocenters. The lowest BCUT2D eigenvalue weighted by Gasteiger charge is -2.12. The summed E-state index contributed by atoms with van der Waals surface area (Å²) < 4.78 is 19.1. The summed E-state index contributed by atoms with van der Waals surface area (Å²) >= 11 is 8.84. The maximum Gasteiger partial charge on any atom is 0.145 e. The zero-order chi connectivity index (χ0) is 11.4. The van der Waals surface area contributed by atoms with Crippen LogP contribution in [-0.2, 0) is 0 Å². The van der Waals surface area contributed by atoms with Gasteiger partial charge in [-0.25, -0.2) is 4.39 Å². The Balaban J connectivity index is 2.73. The molecule has 0 aliphatic carbocycles. The van der Waals surface area contributed by atoms with Gasteiger partial charge in [-0.1, -0.05) is 18.5 Å². The molecule has 1 aromatic rings. The lowest BCUT2D eigenvalue weighted by Crippen LogP contribution is -2.18. The summed E-state index contributed by atoms with van der Waals surface area (Å²) in [5.74, 6) is 0.183. The van der Waals surface area contributed by atoms with E-state index in [9.17, 15) is 4.39 Å². The topological polar surface area (TPSA) is 35.2 Å². The van der Waals surface area contributed by atoms with Crippen molar-refractivity contribution in [2.75, 3.05) is 13.2 Å². The SMILES string of the molecule is CC(CN)COc1cc(F)c(Cl)cc1Br. The molecular weight excluding hydrogens is 284 g/mol. The Morgan fingerprint density at radius 2 is 2.27 bits per heavy atom. The molecule has 1 rings (SSSR count). The Bertz CT molecular complexity index is 348. The average Bonchev–Trinajstić information content (AvgIpc) is 2.21. The van der Waals surface area contributed by atoms with Crippen molar-refractivity contribution in [2.24, 2.45) is 11.7 Å². The number of halogens is 3. The van der Waals surface area contributed by atoms with Gasteiger partial charge in [-0.3, -0.25) is 0 Å². The van der Waals surface area contributed by atoms with Crippen LogP contribution in [0.3, 0.4) is 0 Å². The van der Waals surface area contributed by atoms with Gasteiger partial charge in [0.1, 0.15) is 11.6 Å². The van der Waals surface area contributed by atoms with Crippen LogP contribution >= 0.6 is 27.5 Å². The molecule has 5 heteroatoms. The first-order valence-electron chi connectivity index (χ1n) is 4.52. The van der Waals surface area contributed by atoms with Crippen LogP contribution in [0.25, 0.3) is 0 Å². The third-order valence-electron chi connectivity index (χ3n) is 1.90. The van der Waals surface area contributed by atoms with Crippen LogP contribution in [0.2, 0.25) is 5.02 Å². The van der Waals surface area contributed by atoms with E-state index in [1.807, 2.05) is 6.92 Å². The van der Waals surface area contributed by atoms with Crippen LogP contribution in [0, 0.1) is 11.7 Å². The van der Waals surface area contributed by atoms with Crippen molar-refractivity contribution in [1.29, 1.82) is 0 Å². The highest BCUT2D eigenvalue weighted by Crippen LogP contribution is 2.30. The fraction of sp³-hybridized carbons (Fsp3) is 0.400. The first kappa shape index (κ1) is 12.7. The highest BCUT2D eigenvalue weighted by atomic mass is 79.9. The van der Waals surface area contributed by atoms with Crippen molar-refractivity contribution < 1.29 is 9.13 Å². The Hall–Kier alpha value is -0.320. The second-order valence-corrected chi connectivity index (χ2v) is 4.61. The van der Waals surface area contributed by atoms with Crippen LogP contribution in [0.4, 0.5) is 4.39 Å². The predicted molar refractivity (Wildman–Crippen MR) is 62.8 cm³/mol. The van der Waals surface area contributed by atoms with Crippen molar-refractivity contribution in [2.45, 2.75) is 6.92 Å². The second kappa shape index (κ2) is 5.68. The van der Waals surface area contributed by atoms with Gasteiger partial charge in [-0.2, -0.15) is 0 Å². The molecule has 1 aromatic carbocycles. The number of hydrogen-bond donors (Lipinski definition) is 1. The molecule has 0 aliphatic rings. The maximum absolute atomic E-state index is 13.1. The van der Waals surface area contributed by atoms with E-state index in [0.717, 1.165) is 0 Å². The molecule has 0 aromatic heterocycles. The second-order valence-electron chi connectivity index (χ2n) is 3.35. The van der Waals surface area contributed by atoms with E-state index >= 15 is 0 Å². The van der Waals surface area contributed by atoms with Gasteiger partial charge < -0.3 is 10.5 Å². The minimum atomic E-state index is -0.490. The molecular formula is C10H12BrClFNO. The average molecular weight is 297 g/mol. The standard InChI is InChI=1S/C10H12BrClFNO/c1-6(4-14)5-15-10-3-9(13)8(12)2-7(10)11/h2-3,6H,4-5,14H2,1H3. The van der Waals surface area contributed by atoms with Gasteiger partial charge >= 0.3 is 0 Å². The summed E-state index contributed by atoms with van der Waals surface area (Å²) in [6, 6.07) is 2.73. The van der Waals surface area contributed by atoms with Crippen molar-refractivity contribution in [3.05, 3.63) is 27.4 Å². The van der Waals surface area contributed by atoms with E-state index in [1.165, 1.54) is 12.1 Å². The molecule has 0 fully saturated rings. The maximum atomic E-state index is 13.1. The third kappa shape index (κ3) is 3.63. The van der Waals surface area contributed by atoms with Gasteiger partial charge in [0.05, 0.1) is 16.1 Å². The van der Waals surface area contributed by atoms with Gasteiger partial charge in [-0.15, -0.1) is 0 Å². The number of nitrogens with two attached hydrogens (primary N) is 1. The molecule has 2 nitrogen and oxygen atoms in total. The lowest BCUT2D eigenvalue weighted by atomic mass is 10.2. The number of benzene rings is 1. The van der Waals surface area contributed by atoms with Crippen molar-refractivity contribution >= 4 is 27.5 Å². The predicted octanol–water partition coefficient (Wildman–Crippen LogP) is 3.22. The molecule has 0 radical (unpaired) electrons. The molecule has 0 saturated carbocycles. The lowest BCUT2D eigenvalue weighted by molar-refractivity contribution is 0.261. The van der Waals surface area contributed by atoms with Gasteiger partial charge in [0, 0.05) is 12.0 Å².